The van der Waals surface area contributed by atoms with Crippen LogP contribution in [0.25, 0.3) is 32.9 Å². The summed E-state index contributed by atoms with van der Waals surface area (Å²) in [5.41, 5.74) is -2.33. The standard InChI is InChI=1S/C36H26O17/c37-17(13-48-22-3-1-5-25-30(22)19(39)10-27(51-25)34(42)43)9-16-7-8-24(32-21(41)12-29(36(46)47)53-33(16)32)50-15-18(38)14-49-23-4-2-6-26-31(23)20(40)11-28(52-26)35(44)45/h1-8,10-12,17-18,37-38H,9,13-15H2,(H,42,43)(H,44,45)(H,46,47). The zero-order valence-corrected chi connectivity index (χ0v) is 27.0. The number of carboxylic acids is 3. The van der Waals surface area contributed by atoms with Gasteiger partial charge >= 0.3 is 17.9 Å². The molecule has 6 rings (SSSR count). The summed E-state index contributed by atoms with van der Waals surface area (Å²) in [6.45, 7) is -1.29. The molecule has 17 nitrogen and oxygen atoms in total. The van der Waals surface area contributed by atoms with Gasteiger partial charge in [0.25, 0.3) is 0 Å². The number of aliphatic hydroxyl groups excluding tert-OH is 2. The van der Waals surface area contributed by atoms with Gasteiger partial charge in [0.2, 0.25) is 17.3 Å². The molecule has 2 unspecified atom stereocenters. The molecule has 3 aromatic carbocycles. The first kappa shape index (κ1) is 35.8. The fraction of sp³-hybridized carbons (Fsp3) is 0.167. The van der Waals surface area contributed by atoms with E-state index in [0.717, 1.165) is 18.2 Å². The molecule has 0 saturated heterocycles. The number of rotatable bonds is 14. The smallest absolute Gasteiger partial charge is 0.371 e. The Morgan fingerprint density at radius 3 is 1.43 bits per heavy atom. The molecular weight excluding hydrogens is 704 g/mol. The highest BCUT2D eigenvalue weighted by atomic mass is 16.5. The molecular formula is C36H26O17. The highest BCUT2D eigenvalue weighted by Gasteiger charge is 2.22. The largest absolute Gasteiger partial charge is 0.490 e. The Labute approximate surface area is 294 Å². The first-order chi connectivity index (χ1) is 25.3. The van der Waals surface area contributed by atoms with E-state index in [1.807, 2.05) is 0 Å². The normalized spacial score (nSPS) is 12.4. The monoisotopic (exact) mass is 730 g/mol. The second-order valence-electron chi connectivity index (χ2n) is 11.5. The summed E-state index contributed by atoms with van der Waals surface area (Å²) < 4.78 is 33.0. The number of aromatic carboxylic acids is 3. The van der Waals surface area contributed by atoms with Crippen molar-refractivity contribution in [2.45, 2.75) is 18.6 Å². The highest BCUT2D eigenvalue weighted by Crippen LogP contribution is 2.30. The van der Waals surface area contributed by atoms with Crippen LogP contribution >= 0.6 is 0 Å². The van der Waals surface area contributed by atoms with Crippen molar-refractivity contribution in [3.8, 4) is 17.2 Å². The summed E-state index contributed by atoms with van der Waals surface area (Å²) in [5, 5.41) is 49.1. The Bertz CT molecular complexity index is 2600. The summed E-state index contributed by atoms with van der Waals surface area (Å²) in [6, 6.07) is 13.6. The summed E-state index contributed by atoms with van der Waals surface area (Å²) >= 11 is 0. The van der Waals surface area contributed by atoms with Crippen LogP contribution in [-0.2, 0) is 6.42 Å². The van der Waals surface area contributed by atoms with Crippen LogP contribution in [-0.4, -0.2) is 75.5 Å². The molecule has 3 aromatic heterocycles. The van der Waals surface area contributed by atoms with Crippen LogP contribution in [0.3, 0.4) is 0 Å². The molecule has 0 fully saturated rings. The lowest BCUT2D eigenvalue weighted by Gasteiger charge is -2.17. The zero-order valence-electron chi connectivity index (χ0n) is 27.0. The maximum Gasteiger partial charge on any atom is 0.371 e. The summed E-state index contributed by atoms with van der Waals surface area (Å²) in [4.78, 5) is 72.6. The molecule has 272 valence electrons. The van der Waals surface area contributed by atoms with Gasteiger partial charge in [0.15, 0.2) is 16.3 Å². The minimum Gasteiger partial charge on any atom is -0.490 e. The Hall–Kier alpha value is -6.98. The number of ether oxygens (including phenoxy) is 3. The van der Waals surface area contributed by atoms with E-state index in [1.165, 1.54) is 48.5 Å². The lowest BCUT2D eigenvalue weighted by Crippen LogP contribution is -2.26. The molecule has 17 heteroatoms. The summed E-state index contributed by atoms with van der Waals surface area (Å²) in [7, 11) is 0. The van der Waals surface area contributed by atoms with E-state index in [0.29, 0.717) is 0 Å². The van der Waals surface area contributed by atoms with Gasteiger partial charge in [-0.15, -0.1) is 0 Å². The van der Waals surface area contributed by atoms with Crippen molar-refractivity contribution in [2.24, 2.45) is 0 Å². The van der Waals surface area contributed by atoms with Crippen molar-refractivity contribution in [2.75, 3.05) is 19.8 Å². The molecule has 0 aliphatic rings. The molecule has 6 aromatic rings. The van der Waals surface area contributed by atoms with Gasteiger partial charge in [-0.2, -0.15) is 0 Å². The molecule has 0 bridgehead atoms. The van der Waals surface area contributed by atoms with Crippen molar-refractivity contribution in [1.29, 1.82) is 0 Å². The third-order valence-electron chi connectivity index (χ3n) is 7.74. The Balaban J connectivity index is 1.19. The molecule has 0 aliphatic carbocycles. The summed E-state index contributed by atoms with van der Waals surface area (Å²) in [6.07, 6.45) is -2.90. The van der Waals surface area contributed by atoms with Crippen LogP contribution in [0.4, 0.5) is 0 Å². The molecule has 53 heavy (non-hydrogen) atoms. The van der Waals surface area contributed by atoms with Gasteiger partial charge < -0.3 is 53.0 Å². The van der Waals surface area contributed by atoms with E-state index in [1.54, 1.807) is 0 Å². The number of aliphatic hydroxyl groups is 2. The SMILES string of the molecule is O=C(O)c1cc(=O)c2c(OCC(O)COc3ccc(CC(O)COc4cccc5oc(C(=O)O)cc(=O)c45)c4oc(C(=O)O)cc(=O)c34)cccc2o1. The quantitative estimate of drug-likeness (QED) is 0.108. The van der Waals surface area contributed by atoms with Gasteiger partial charge in [-0.1, -0.05) is 18.2 Å². The number of hydrogen-bond acceptors (Lipinski definition) is 14. The van der Waals surface area contributed by atoms with Crippen LogP contribution in [0.15, 0.2) is 94.4 Å². The van der Waals surface area contributed by atoms with Crippen molar-refractivity contribution in [1.82, 2.24) is 0 Å². The van der Waals surface area contributed by atoms with E-state index in [4.69, 9.17) is 32.6 Å². The highest BCUT2D eigenvalue weighted by molar-refractivity contribution is 5.92. The molecule has 2 atom stereocenters. The number of carbonyl (C=O) groups is 3. The second kappa shape index (κ2) is 14.7. The van der Waals surface area contributed by atoms with Crippen molar-refractivity contribution in [3.63, 3.8) is 0 Å². The fourth-order valence-corrected chi connectivity index (χ4v) is 5.40. The van der Waals surface area contributed by atoms with Crippen LogP contribution in [0.5, 0.6) is 17.2 Å². The molecule has 0 spiro atoms. The fourth-order valence-electron chi connectivity index (χ4n) is 5.40. The van der Waals surface area contributed by atoms with Crippen LogP contribution < -0.4 is 30.5 Å². The molecule has 0 amide bonds. The maximum absolute atomic E-state index is 13.1. The number of fused-ring (bicyclic) bond motifs is 3. The van der Waals surface area contributed by atoms with E-state index < -0.39 is 83.5 Å². The zero-order chi connectivity index (χ0) is 38.0. The van der Waals surface area contributed by atoms with E-state index in [2.05, 4.69) is 0 Å². The van der Waals surface area contributed by atoms with Gasteiger partial charge in [-0.05, 0) is 35.9 Å². The van der Waals surface area contributed by atoms with Crippen LogP contribution in [0.1, 0.15) is 37.2 Å². The topological polar surface area (TPSA) is 271 Å². The first-order valence-corrected chi connectivity index (χ1v) is 15.5. The van der Waals surface area contributed by atoms with Gasteiger partial charge in [0, 0.05) is 24.6 Å². The minimum atomic E-state index is -1.54. The average molecular weight is 731 g/mol. The minimum absolute atomic E-state index is 0.000629. The Morgan fingerprint density at radius 1 is 0.547 bits per heavy atom. The van der Waals surface area contributed by atoms with Gasteiger partial charge in [-0.3, -0.25) is 14.4 Å². The lowest BCUT2D eigenvalue weighted by atomic mass is 10.0. The average Bonchev–Trinajstić information content (AvgIpc) is 3.12. The van der Waals surface area contributed by atoms with Crippen LogP contribution in [0.2, 0.25) is 0 Å². The maximum atomic E-state index is 13.1. The van der Waals surface area contributed by atoms with E-state index >= 15 is 0 Å². The van der Waals surface area contributed by atoms with Crippen molar-refractivity contribution < 1.29 is 67.4 Å². The summed E-state index contributed by atoms with van der Waals surface area (Å²) in [5.74, 6) is -6.35. The van der Waals surface area contributed by atoms with Gasteiger partial charge in [0.1, 0.15) is 76.1 Å². The second-order valence-corrected chi connectivity index (χ2v) is 11.5. The molecule has 0 aliphatic heterocycles. The number of carboxylic acid groups (broad SMARTS) is 3. The number of benzene rings is 3. The molecule has 0 saturated carbocycles. The third kappa shape index (κ3) is 7.55. The number of hydrogen-bond donors (Lipinski definition) is 5. The predicted octanol–water partition coefficient (Wildman–Crippen LogP) is 2.90. The molecule has 3 heterocycles. The lowest BCUT2D eigenvalue weighted by molar-refractivity contribution is 0.0635. The van der Waals surface area contributed by atoms with E-state index in [9.17, 15) is 49.2 Å². The van der Waals surface area contributed by atoms with Crippen LogP contribution in [0, 0.1) is 0 Å². The Kier molecular flexibility index (Phi) is 9.94. The first-order valence-electron chi connectivity index (χ1n) is 15.5. The van der Waals surface area contributed by atoms with E-state index in [-0.39, 0.29) is 62.1 Å². The third-order valence-corrected chi connectivity index (χ3v) is 7.74. The molecule has 5 N–H and O–H groups in total. The van der Waals surface area contributed by atoms with Crippen molar-refractivity contribution >= 4 is 50.8 Å². The van der Waals surface area contributed by atoms with Gasteiger partial charge in [0.05, 0.1) is 6.10 Å². The van der Waals surface area contributed by atoms with Gasteiger partial charge in [-0.25, -0.2) is 14.4 Å². The molecule has 0 radical (unpaired) electrons. The predicted molar refractivity (Wildman–Crippen MR) is 181 cm³/mol. The Morgan fingerprint density at radius 2 is 0.962 bits per heavy atom. The van der Waals surface area contributed by atoms with Crippen molar-refractivity contribution in [3.05, 3.63) is 120 Å².